The van der Waals surface area contributed by atoms with Crippen LogP contribution in [0.25, 0.3) is 0 Å². The molecule has 4 atom stereocenters. The van der Waals surface area contributed by atoms with E-state index in [1.165, 1.54) is 19.2 Å². The Labute approximate surface area is 102 Å². The molecule has 18 heavy (non-hydrogen) atoms. The molecule has 2 rings (SSSR count). The number of aromatic nitrogens is 1. The molecule has 0 bridgehead atoms. The first-order valence-electron chi connectivity index (χ1n) is 5.45. The van der Waals surface area contributed by atoms with Crippen molar-refractivity contribution >= 4 is 0 Å². The Hall–Kier alpha value is -1.41. The average molecular weight is 257 g/mol. The van der Waals surface area contributed by atoms with E-state index in [1.807, 2.05) is 0 Å². The molecule has 100 valence electrons. The van der Waals surface area contributed by atoms with Crippen molar-refractivity contribution in [3.63, 3.8) is 0 Å². The monoisotopic (exact) mass is 257 g/mol. The average Bonchev–Trinajstić information content (AvgIpc) is 2.55. The molecule has 1 aromatic rings. The number of aliphatic hydroxyl groups excluding tert-OH is 3. The third kappa shape index (κ3) is 1.91. The topological polar surface area (TPSA) is 112 Å². The molecule has 1 aliphatic heterocycles. The Morgan fingerprint density at radius 3 is 2.67 bits per heavy atom. The third-order valence-corrected chi connectivity index (χ3v) is 3.15. The highest BCUT2D eigenvalue weighted by molar-refractivity contribution is 5.16. The molecular weight excluding hydrogens is 242 g/mol. The van der Waals surface area contributed by atoms with Crippen molar-refractivity contribution in [2.24, 2.45) is 0 Å². The maximum Gasteiger partial charge on any atom is 0.256 e. The van der Waals surface area contributed by atoms with Gasteiger partial charge < -0.3 is 25.2 Å². The molecule has 1 saturated heterocycles. The molecule has 7 heteroatoms. The summed E-state index contributed by atoms with van der Waals surface area (Å²) in [5.41, 5.74) is -1.91. The van der Waals surface area contributed by atoms with Gasteiger partial charge in [-0.15, -0.1) is 0 Å². The van der Waals surface area contributed by atoms with Crippen LogP contribution in [0.3, 0.4) is 0 Å². The van der Waals surface area contributed by atoms with Crippen molar-refractivity contribution in [3.8, 4) is 5.75 Å². The van der Waals surface area contributed by atoms with Gasteiger partial charge in [-0.1, -0.05) is 0 Å². The van der Waals surface area contributed by atoms with E-state index in [2.05, 4.69) is 0 Å². The van der Waals surface area contributed by atoms with Crippen molar-refractivity contribution in [3.05, 3.63) is 28.7 Å². The lowest BCUT2D eigenvalue weighted by atomic mass is 9.99. The molecular formula is C11H15NO6. The lowest BCUT2D eigenvalue weighted by Gasteiger charge is -2.24. The van der Waals surface area contributed by atoms with E-state index in [9.17, 15) is 15.0 Å². The molecule has 1 aromatic heterocycles. The summed E-state index contributed by atoms with van der Waals surface area (Å²) in [6.07, 6.45) is -2.51. The third-order valence-electron chi connectivity index (χ3n) is 3.15. The zero-order chi connectivity index (χ0) is 13.5. The largest absolute Gasteiger partial charge is 0.508 e. The second-order valence-corrected chi connectivity index (χ2v) is 4.55. The quantitative estimate of drug-likeness (QED) is 0.516. The van der Waals surface area contributed by atoms with Crippen LogP contribution >= 0.6 is 0 Å². The standard InChI is InChI=1S/C11H15NO6/c1-11(5-13)9(17)8(16)10(18-11)12-3-2-6(14)4-7(12)15/h2-4,8-10,13-14,16-17H,5H2,1H3/t8-,9+,10-,11-/m1/s1. The maximum atomic E-state index is 11.6. The number of nitrogens with zero attached hydrogens (tertiary/aromatic N) is 1. The fraction of sp³-hybridized carbons (Fsp3) is 0.545. The number of pyridine rings is 1. The lowest BCUT2D eigenvalue weighted by molar-refractivity contribution is -0.117. The Bertz CT molecular complexity index is 501. The van der Waals surface area contributed by atoms with Gasteiger partial charge >= 0.3 is 0 Å². The summed E-state index contributed by atoms with van der Waals surface area (Å²) in [5.74, 6) is -0.200. The maximum absolute atomic E-state index is 11.6. The summed E-state index contributed by atoms with van der Waals surface area (Å²) >= 11 is 0. The number of hydrogen-bond donors (Lipinski definition) is 4. The molecule has 0 unspecified atom stereocenters. The summed E-state index contributed by atoms with van der Waals surface area (Å²) in [6.45, 7) is 0.945. The van der Waals surface area contributed by atoms with Crippen LogP contribution in [0.15, 0.2) is 23.1 Å². The molecule has 0 aromatic carbocycles. The highest BCUT2D eigenvalue weighted by Gasteiger charge is 2.51. The van der Waals surface area contributed by atoms with Crippen molar-refractivity contribution in [2.75, 3.05) is 6.61 Å². The van der Waals surface area contributed by atoms with Crippen LogP contribution in [-0.2, 0) is 4.74 Å². The Morgan fingerprint density at radius 2 is 2.17 bits per heavy atom. The van der Waals surface area contributed by atoms with Crippen molar-refractivity contribution < 1.29 is 25.2 Å². The van der Waals surface area contributed by atoms with Gasteiger partial charge in [0.25, 0.3) is 5.56 Å². The minimum atomic E-state index is -1.34. The molecule has 0 amide bonds. The first-order valence-corrected chi connectivity index (χ1v) is 5.45. The number of hydrogen-bond acceptors (Lipinski definition) is 6. The van der Waals surface area contributed by atoms with Crippen LogP contribution in [0.4, 0.5) is 0 Å². The van der Waals surface area contributed by atoms with E-state index in [-0.39, 0.29) is 5.75 Å². The van der Waals surface area contributed by atoms with Crippen molar-refractivity contribution in [2.45, 2.75) is 31.0 Å². The van der Waals surface area contributed by atoms with Crippen LogP contribution in [-0.4, -0.2) is 49.4 Å². The zero-order valence-electron chi connectivity index (χ0n) is 9.72. The highest BCUT2D eigenvalue weighted by Crippen LogP contribution is 2.36. The van der Waals surface area contributed by atoms with Gasteiger partial charge in [-0.3, -0.25) is 9.36 Å². The summed E-state index contributed by atoms with van der Waals surface area (Å²) in [4.78, 5) is 11.6. The molecule has 7 nitrogen and oxygen atoms in total. The van der Waals surface area contributed by atoms with Gasteiger partial charge in [-0.25, -0.2) is 0 Å². The predicted molar refractivity (Wildman–Crippen MR) is 60.0 cm³/mol. The van der Waals surface area contributed by atoms with E-state index < -0.39 is 36.2 Å². The van der Waals surface area contributed by atoms with Crippen LogP contribution in [0.1, 0.15) is 13.2 Å². The Morgan fingerprint density at radius 1 is 1.50 bits per heavy atom. The van der Waals surface area contributed by atoms with Gasteiger partial charge in [0, 0.05) is 12.3 Å². The van der Waals surface area contributed by atoms with E-state index in [0.717, 1.165) is 10.6 Å². The number of aromatic hydroxyl groups is 1. The fourth-order valence-electron chi connectivity index (χ4n) is 1.97. The summed E-state index contributed by atoms with van der Waals surface area (Å²) in [6, 6.07) is 2.23. The van der Waals surface area contributed by atoms with Gasteiger partial charge in [0.1, 0.15) is 23.6 Å². The van der Waals surface area contributed by atoms with Gasteiger partial charge in [-0.05, 0) is 13.0 Å². The van der Waals surface area contributed by atoms with E-state index in [0.29, 0.717) is 0 Å². The summed E-state index contributed by atoms with van der Waals surface area (Å²) < 4.78 is 6.41. The van der Waals surface area contributed by atoms with Crippen molar-refractivity contribution in [1.82, 2.24) is 4.57 Å². The molecule has 1 fully saturated rings. The van der Waals surface area contributed by atoms with Crippen LogP contribution < -0.4 is 5.56 Å². The first kappa shape index (κ1) is 13.0. The minimum Gasteiger partial charge on any atom is -0.508 e. The van der Waals surface area contributed by atoms with Gasteiger partial charge in [-0.2, -0.15) is 0 Å². The second kappa shape index (κ2) is 4.36. The molecule has 0 spiro atoms. The molecule has 2 heterocycles. The zero-order valence-corrected chi connectivity index (χ0v) is 9.72. The predicted octanol–water partition coefficient (Wildman–Crippen LogP) is -1.44. The molecule has 4 N–H and O–H groups in total. The number of aliphatic hydroxyl groups is 3. The molecule has 1 aliphatic rings. The van der Waals surface area contributed by atoms with E-state index in [1.54, 1.807) is 0 Å². The van der Waals surface area contributed by atoms with Crippen molar-refractivity contribution in [1.29, 1.82) is 0 Å². The van der Waals surface area contributed by atoms with Crippen LogP contribution in [0, 0.1) is 0 Å². The van der Waals surface area contributed by atoms with Gasteiger partial charge in [0.2, 0.25) is 0 Å². The minimum absolute atomic E-state index is 0.200. The smallest absolute Gasteiger partial charge is 0.256 e. The summed E-state index contributed by atoms with van der Waals surface area (Å²) in [7, 11) is 0. The Kier molecular flexibility index (Phi) is 3.16. The Balaban J connectivity index is 2.38. The first-order chi connectivity index (χ1) is 8.39. The van der Waals surface area contributed by atoms with Gasteiger partial charge in [0.15, 0.2) is 6.23 Å². The molecule has 0 radical (unpaired) electrons. The SMILES string of the molecule is C[C@]1(CO)O[C@@H](n2ccc(O)cc2=O)[C@H](O)[C@@H]1O. The van der Waals surface area contributed by atoms with Crippen LogP contribution in [0.5, 0.6) is 5.75 Å². The van der Waals surface area contributed by atoms with E-state index >= 15 is 0 Å². The van der Waals surface area contributed by atoms with Crippen LogP contribution in [0.2, 0.25) is 0 Å². The summed E-state index contributed by atoms with van der Waals surface area (Å²) in [5, 5.41) is 38.0. The second-order valence-electron chi connectivity index (χ2n) is 4.55. The normalized spacial score (nSPS) is 35.9. The molecule has 0 aliphatic carbocycles. The fourth-order valence-corrected chi connectivity index (χ4v) is 1.97. The lowest BCUT2D eigenvalue weighted by Crippen LogP contribution is -2.43. The number of rotatable bonds is 2. The highest BCUT2D eigenvalue weighted by atomic mass is 16.6. The van der Waals surface area contributed by atoms with E-state index in [4.69, 9.17) is 14.9 Å². The molecule has 0 saturated carbocycles. The number of ether oxygens (including phenoxy) is 1. The van der Waals surface area contributed by atoms with Gasteiger partial charge in [0.05, 0.1) is 6.61 Å².